The lowest BCUT2D eigenvalue weighted by Crippen LogP contribution is -2.48. The number of para-hydroxylation sites is 1. The number of hydrogen-bond donors (Lipinski definition) is 2. The summed E-state index contributed by atoms with van der Waals surface area (Å²) in [4.78, 5) is 29.9. The van der Waals surface area contributed by atoms with Crippen LogP contribution in [0.1, 0.15) is 15.9 Å². The standard InChI is InChI=1S/C27H27FN4O2S/c28-22-9-5-4-6-20(22)17-35-18-25-26(33)30-24-16-19(10-11-23(24)29-25)27(34)32-14-12-31(13-15-32)21-7-2-1-3-8-21/h1-11,16,25,29H,12-15,17-18H2,(H,30,33). The Labute approximate surface area is 208 Å². The number of halogens is 1. The third-order valence-corrected chi connectivity index (χ3v) is 7.44. The van der Waals surface area contributed by atoms with Crippen LogP contribution in [0.2, 0.25) is 0 Å². The number of hydrogen-bond acceptors (Lipinski definition) is 5. The van der Waals surface area contributed by atoms with Gasteiger partial charge in [-0.25, -0.2) is 4.39 Å². The van der Waals surface area contributed by atoms with Gasteiger partial charge in [-0.2, -0.15) is 11.8 Å². The number of anilines is 3. The molecule has 180 valence electrons. The van der Waals surface area contributed by atoms with Gasteiger partial charge in [0.15, 0.2) is 0 Å². The molecule has 2 aliphatic heterocycles. The summed E-state index contributed by atoms with van der Waals surface area (Å²) in [6, 6.07) is 21.9. The van der Waals surface area contributed by atoms with Crippen molar-refractivity contribution in [3.8, 4) is 0 Å². The molecule has 5 rings (SSSR count). The van der Waals surface area contributed by atoms with Crippen LogP contribution in [0.4, 0.5) is 21.5 Å². The Bertz CT molecular complexity index is 1210. The topological polar surface area (TPSA) is 64.7 Å². The summed E-state index contributed by atoms with van der Waals surface area (Å²) in [6.45, 7) is 2.86. The largest absolute Gasteiger partial charge is 0.371 e. The molecule has 8 heteroatoms. The number of piperazine rings is 1. The van der Waals surface area contributed by atoms with Crippen molar-refractivity contribution < 1.29 is 14.0 Å². The van der Waals surface area contributed by atoms with E-state index in [-0.39, 0.29) is 17.6 Å². The first-order valence-corrected chi connectivity index (χ1v) is 12.9. The monoisotopic (exact) mass is 490 g/mol. The number of fused-ring (bicyclic) bond motifs is 1. The number of nitrogens with zero attached hydrogens (tertiary/aromatic N) is 2. The number of amides is 2. The molecule has 0 radical (unpaired) electrons. The minimum Gasteiger partial charge on any atom is -0.371 e. The molecule has 0 aliphatic carbocycles. The van der Waals surface area contributed by atoms with Crippen LogP contribution < -0.4 is 15.5 Å². The molecular weight excluding hydrogens is 463 g/mol. The van der Waals surface area contributed by atoms with Crippen molar-refractivity contribution in [2.45, 2.75) is 11.8 Å². The van der Waals surface area contributed by atoms with Crippen LogP contribution in [0.3, 0.4) is 0 Å². The highest BCUT2D eigenvalue weighted by atomic mass is 32.2. The highest BCUT2D eigenvalue weighted by Crippen LogP contribution is 2.30. The molecule has 1 saturated heterocycles. The van der Waals surface area contributed by atoms with Crippen LogP contribution in [-0.2, 0) is 10.5 Å². The number of benzene rings is 3. The first-order valence-electron chi connectivity index (χ1n) is 11.7. The summed E-state index contributed by atoms with van der Waals surface area (Å²) in [5.74, 6) is 0.587. The predicted octanol–water partition coefficient (Wildman–Crippen LogP) is 4.45. The van der Waals surface area contributed by atoms with E-state index in [0.717, 1.165) is 18.8 Å². The van der Waals surface area contributed by atoms with Crippen molar-refractivity contribution in [2.24, 2.45) is 0 Å². The molecule has 3 aromatic carbocycles. The highest BCUT2D eigenvalue weighted by Gasteiger charge is 2.28. The second kappa shape index (κ2) is 10.4. The Balaban J connectivity index is 1.17. The maximum absolute atomic E-state index is 13.8. The second-order valence-corrected chi connectivity index (χ2v) is 9.70. The second-order valence-electron chi connectivity index (χ2n) is 8.67. The highest BCUT2D eigenvalue weighted by molar-refractivity contribution is 7.98. The van der Waals surface area contributed by atoms with Gasteiger partial charge in [-0.3, -0.25) is 9.59 Å². The van der Waals surface area contributed by atoms with Crippen molar-refractivity contribution in [3.05, 3.63) is 89.7 Å². The maximum Gasteiger partial charge on any atom is 0.254 e. The lowest BCUT2D eigenvalue weighted by Gasteiger charge is -2.36. The molecule has 2 amide bonds. The lowest BCUT2D eigenvalue weighted by molar-refractivity contribution is -0.116. The number of carbonyl (C=O) groups is 2. The molecule has 1 unspecified atom stereocenters. The quantitative estimate of drug-likeness (QED) is 0.534. The Morgan fingerprint density at radius 1 is 0.943 bits per heavy atom. The molecule has 3 aromatic rings. The van der Waals surface area contributed by atoms with Crippen LogP contribution >= 0.6 is 11.8 Å². The van der Waals surface area contributed by atoms with Crippen LogP contribution in [0.15, 0.2) is 72.8 Å². The van der Waals surface area contributed by atoms with Crippen molar-refractivity contribution >= 4 is 40.6 Å². The molecule has 0 saturated carbocycles. The Morgan fingerprint density at radius 3 is 2.46 bits per heavy atom. The first-order chi connectivity index (χ1) is 17.1. The molecule has 1 fully saturated rings. The van der Waals surface area contributed by atoms with E-state index in [2.05, 4.69) is 27.7 Å². The van der Waals surface area contributed by atoms with Gasteiger partial charge >= 0.3 is 0 Å². The number of nitrogens with one attached hydrogen (secondary N) is 2. The third-order valence-electron chi connectivity index (χ3n) is 6.36. The maximum atomic E-state index is 13.8. The first kappa shape index (κ1) is 23.2. The van der Waals surface area contributed by atoms with Gasteiger partial charge in [0.25, 0.3) is 5.91 Å². The fourth-order valence-electron chi connectivity index (χ4n) is 4.39. The number of thioether (sulfide) groups is 1. The molecule has 1 atom stereocenters. The van der Waals surface area contributed by atoms with E-state index >= 15 is 0 Å². The minimum absolute atomic E-state index is 0.0303. The Kier molecular flexibility index (Phi) is 6.90. The normalized spacial score (nSPS) is 17.4. The molecule has 6 nitrogen and oxygen atoms in total. The average molecular weight is 491 g/mol. The van der Waals surface area contributed by atoms with Crippen molar-refractivity contribution in [1.82, 2.24) is 4.90 Å². The summed E-state index contributed by atoms with van der Waals surface area (Å²) in [6.07, 6.45) is 0. The van der Waals surface area contributed by atoms with E-state index in [0.29, 0.717) is 41.4 Å². The smallest absolute Gasteiger partial charge is 0.254 e. The van der Waals surface area contributed by atoms with Crippen LogP contribution in [-0.4, -0.2) is 54.7 Å². The zero-order valence-electron chi connectivity index (χ0n) is 19.2. The Morgan fingerprint density at radius 2 is 1.69 bits per heavy atom. The van der Waals surface area contributed by atoms with Gasteiger partial charge in [-0.1, -0.05) is 36.4 Å². The molecular formula is C27H27FN4O2S. The summed E-state index contributed by atoms with van der Waals surface area (Å²) in [5.41, 5.74) is 3.75. The van der Waals surface area contributed by atoms with Crippen LogP contribution in [0.5, 0.6) is 0 Å². The summed E-state index contributed by atoms with van der Waals surface area (Å²) >= 11 is 1.50. The van der Waals surface area contributed by atoms with Crippen molar-refractivity contribution in [2.75, 3.05) is 47.5 Å². The number of carbonyl (C=O) groups excluding carboxylic acids is 2. The fraction of sp³-hybridized carbons (Fsp3) is 0.259. The summed E-state index contributed by atoms with van der Waals surface area (Å²) in [5, 5.41) is 6.19. The Hall–Kier alpha value is -3.52. The summed E-state index contributed by atoms with van der Waals surface area (Å²) < 4.78 is 13.8. The lowest BCUT2D eigenvalue weighted by atomic mass is 10.1. The van der Waals surface area contributed by atoms with E-state index in [9.17, 15) is 14.0 Å². The molecule has 0 spiro atoms. The molecule has 0 bridgehead atoms. The zero-order chi connectivity index (χ0) is 24.2. The summed E-state index contributed by atoms with van der Waals surface area (Å²) in [7, 11) is 0. The van der Waals surface area contributed by atoms with E-state index in [1.807, 2.05) is 35.2 Å². The molecule has 2 aliphatic rings. The SMILES string of the molecule is O=C1Nc2cc(C(=O)N3CCN(c4ccccc4)CC3)ccc2NC1CSCc1ccccc1F. The van der Waals surface area contributed by atoms with Gasteiger partial charge in [0, 0.05) is 48.9 Å². The zero-order valence-corrected chi connectivity index (χ0v) is 20.1. The van der Waals surface area contributed by atoms with Crippen LogP contribution in [0, 0.1) is 5.82 Å². The van der Waals surface area contributed by atoms with E-state index in [1.165, 1.54) is 23.5 Å². The predicted molar refractivity (Wildman–Crippen MR) is 140 cm³/mol. The van der Waals surface area contributed by atoms with Gasteiger partial charge in [-0.15, -0.1) is 0 Å². The van der Waals surface area contributed by atoms with Gasteiger partial charge in [-0.05, 0) is 42.0 Å². The molecule has 0 aromatic heterocycles. The molecule has 2 heterocycles. The van der Waals surface area contributed by atoms with E-state index in [1.54, 1.807) is 24.3 Å². The van der Waals surface area contributed by atoms with Gasteiger partial charge in [0.2, 0.25) is 5.91 Å². The van der Waals surface area contributed by atoms with Gasteiger partial charge in [0.1, 0.15) is 11.9 Å². The third kappa shape index (κ3) is 5.27. The van der Waals surface area contributed by atoms with E-state index in [4.69, 9.17) is 0 Å². The average Bonchev–Trinajstić information content (AvgIpc) is 2.90. The van der Waals surface area contributed by atoms with Gasteiger partial charge < -0.3 is 20.4 Å². The number of rotatable bonds is 6. The van der Waals surface area contributed by atoms with Gasteiger partial charge in [0.05, 0.1) is 11.4 Å². The fourth-order valence-corrected chi connectivity index (χ4v) is 5.43. The molecule has 2 N–H and O–H groups in total. The van der Waals surface area contributed by atoms with Crippen molar-refractivity contribution in [3.63, 3.8) is 0 Å². The van der Waals surface area contributed by atoms with Crippen molar-refractivity contribution in [1.29, 1.82) is 0 Å². The van der Waals surface area contributed by atoms with Crippen LogP contribution in [0.25, 0.3) is 0 Å². The molecule has 35 heavy (non-hydrogen) atoms. The van der Waals surface area contributed by atoms with E-state index < -0.39 is 6.04 Å². The minimum atomic E-state index is -0.424.